The maximum absolute atomic E-state index is 12.4. The molecule has 0 spiro atoms. The second-order valence-electron chi connectivity index (χ2n) is 6.16. The maximum Gasteiger partial charge on any atom is 0.339 e. The molecule has 0 saturated heterocycles. The quantitative estimate of drug-likeness (QED) is 0.481. The van der Waals surface area contributed by atoms with E-state index in [9.17, 15) is 9.59 Å². The van der Waals surface area contributed by atoms with Gasteiger partial charge in [-0.2, -0.15) is 5.10 Å². The first kappa shape index (κ1) is 20.1. The third kappa shape index (κ3) is 5.13. The maximum atomic E-state index is 12.4. The molecule has 1 amide bonds. The van der Waals surface area contributed by atoms with E-state index in [0.29, 0.717) is 11.4 Å². The normalized spacial score (nSPS) is 10.7. The number of aryl methyl sites for hydroxylation is 2. The molecule has 1 aromatic heterocycles. The summed E-state index contributed by atoms with van der Waals surface area (Å²) in [7, 11) is 3.93. The van der Waals surface area contributed by atoms with E-state index in [2.05, 4.69) is 15.5 Å². The molecule has 0 aliphatic heterocycles. The van der Waals surface area contributed by atoms with E-state index in [4.69, 9.17) is 4.74 Å². The van der Waals surface area contributed by atoms with Gasteiger partial charge in [-0.05, 0) is 44.5 Å². The van der Waals surface area contributed by atoms with Crippen molar-refractivity contribution < 1.29 is 14.3 Å². The number of esters is 1. The zero-order valence-corrected chi connectivity index (χ0v) is 16.2. The number of aromatic nitrogens is 1. The van der Waals surface area contributed by atoms with Gasteiger partial charge in [0.15, 0.2) is 0 Å². The molecule has 0 atom stereocenters. The Morgan fingerprint density at radius 1 is 1.15 bits per heavy atom. The molecule has 0 fully saturated rings. The number of amides is 1. The van der Waals surface area contributed by atoms with Gasteiger partial charge >= 0.3 is 5.97 Å². The number of carbonyl (C=O) groups excluding carboxylic acids is 2. The number of hydrazone groups is 1. The van der Waals surface area contributed by atoms with Gasteiger partial charge < -0.3 is 9.64 Å². The number of ether oxygens (including phenoxy) is 1. The molecule has 1 aromatic carbocycles. The van der Waals surface area contributed by atoms with Crippen LogP contribution in [0, 0.1) is 13.8 Å². The summed E-state index contributed by atoms with van der Waals surface area (Å²) in [5.74, 6) is -0.937. The molecule has 0 aliphatic carbocycles. The van der Waals surface area contributed by atoms with Crippen LogP contribution in [0.3, 0.4) is 0 Å². The number of carbonyl (C=O) groups is 2. The average Bonchev–Trinajstić information content (AvgIpc) is 2.62. The largest absolute Gasteiger partial charge is 0.462 e. The van der Waals surface area contributed by atoms with Crippen molar-refractivity contribution in [3.8, 4) is 0 Å². The van der Waals surface area contributed by atoms with Crippen LogP contribution in [0.25, 0.3) is 0 Å². The highest BCUT2D eigenvalue weighted by molar-refractivity contribution is 5.99. The molecule has 2 aromatic rings. The SMILES string of the molecule is CCOC(=O)c1cc(C(=O)N/N=C\c2ccc(N(C)C)cc2)c(C)nc1C. The van der Waals surface area contributed by atoms with Crippen LogP contribution in [-0.4, -0.2) is 43.8 Å². The van der Waals surface area contributed by atoms with E-state index in [1.165, 1.54) is 6.07 Å². The van der Waals surface area contributed by atoms with Crippen LogP contribution in [0.1, 0.15) is 44.6 Å². The molecular formula is C20H24N4O3. The first-order chi connectivity index (χ1) is 12.8. The van der Waals surface area contributed by atoms with Gasteiger partial charge in [0.25, 0.3) is 5.91 Å². The summed E-state index contributed by atoms with van der Waals surface area (Å²) >= 11 is 0. The highest BCUT2D eigenvalue weighted by Crippen LogP contribution is 2.14. The highest BCUT2D eigenvalue weighted by Gasteiger charge is 2.17. The van der Waals surface area contributed by atoms with E-state index in [1.807, 2.05) is 43.3 Å². The molecule has 1 heterocycles. The van der Waals surface area contributed by atoms with Crippen molar-refractivity contribution >= 4 is 23.8 Å². The van der Waals surface area contributed by atoms with Crippen molar-refractivity contribution in [2.45, 2.75) is 20.8 Å². The molecule has 142 valence electrons. The van der Waals surface area contributed by atoms with Gasteiger partial charge in [-0.15, -0.1) is 0 Å². The summed E-state index contributed by atoms with van der Waals surface area (Å²) in [4.78, 5) is 30.7. The van der Waals surface area contributed by atoms with Gasteiger partial charge in [-0.1, -0.05) is 12.1 Å². The average molecular weight is 368 g/mol. The third-order valence-corrected chi connectivity index (χ3v) is 3.93. The van der Waals surface area contributed by atoms with Crippen molar-refractivity contribution in [1.29, 1.82) is 0 Å². The molecule has 7 heteroatoms. The summed E-state index contributed by atoms with van der Waals surface area (Å²) in [6.07, 6.45) is 1.56. The fourth-order valence-electron chi connectivity index (χ4n) is 2.45. The number of nitrogens with zero attached hydrogens (tertiary/aromatic N) is 3. The van der Waals surface area contributed by atoms with E-state index >= 15 is 0 Å². The fourth-order valence-corrected chi connectivity index (χ4v) is 2.45. The van der Waals surface area contributed by atoms with Gasteiger partial charge in [-0.3, -0.25) is 9.78 Å². The standard InChI is InChI=1S/C20H24N4O3/c1-6-27-20(26)18-11-17(13(2)22-14(18)3)19(25)23-21-12-15-7-9-16(10-8-15)24(4)5/h7-12H,6H2,1-5H3,(H,23,25)/b21-12-. The number of benzene rings is 1. The summed E-state index contributed by atoms with van der Waals surface area (Å²) in [6, 6.07) is 9.23. The van der Waals surface area contributed by atoms with Gasteiger partial charge in [0, 0.05) is 19.8 Å². The van der Waals surface area contributed by atoms with Crippen LogP contribution >= 0.6 is 0 Å². The Bertz CT molecular complexity index is 858. The monoisotopic (exact) mass is 368 g/mol. The summed E-state index contributed by atoms with van der Waals surface area (Å²) < 4.78 is 5.01. The number of hydrogen-bond acceptors (Lipinski definition) is 6. The van der Waals surface area contributed by atoms with Gasteiger partial charge in [0.05, 0.1) is 35.3 Å². The number of pyridine rings is 1. The molecule has 27 heavy (non-hydrogen) atoms. The molecule has 7 nitrogen and oxygen atoms in total. The van der Waals surface area contributed by atoms with Crippen LogP contribution in [0.5, 0.6) is 0 Å². The van der Waals surface area contributed by atoms with Crippen LogP contribution in [0.15, 0.2) is 35.4 Å². The lowest BCUT2D eigenvalue weighted by Crippen LogP contribution is -2.21. The number of hydrogen-bond donors (Lipinski definition) is 1. The predicted molar refractivity (Wildman–Crippen MR) is 105 cm³/mol. The first-order valence-electron chi connectivity index (χ1n) is 8.59. The van der Waals surface area contributed by atoms with Crippen LogP contribution in [-0.2, 0) is 4.74 Å². The fraction of sp³-hybridized carbons (Fsp3) is 0.300. The highest BCUT2D eigenvalue weighted by atomic mass is 16.5. The smallest absolute Gasteiger partial charge is 0.339 e. The Hall–Kier alpha value is -3.22. The Morgan fingerprint density at radius 3 is 2.37 bits per heavy atom. The predicted octanol–water partition coefficient (Wildman–Crippen LogP) is 2.71. The topological polar surface area (TPSA) is 83.9 Å². The second kappa shape index (κ2) is 8.93. The molecule has 0 bridgehead atoms. The minimum atomic E-state index is -0.499. The summed E-state index contributed by atoms with van der Waals surface area (Å²) in [5.41, 5.74) is 5.99. The molecular weight excluding hydrogens is 344 g/mol. The lowest BCUT2D eigenvalue weighted by molar-refractivity contribution is 0.0525. The Balaban J connectivity index is 2.13. The van der Waals surface area contributed by atoms with Gasteiger partial charge in [0.1, 0.15) is 0 Å². The number of nitrogens with one attached hydrogen (secondary N) is 1. The van der Waals surface area contributed by atoms with Crippen molar-refractivity contribution in [2.24, 2.45) is 5.10 Å². The lowest BCUT2D eigenvalue weighted by atomic mass is 10.1. The third-order valence-electron chi connectivity index (χ3n) is 3.93. The van der Waals surface area contributed by atoms with Crippen LogP contribution < -0.4 is 10.3 Å². The summed E-state index contributed by atoms with van der Waals surface area (Å²) in [6.45, 7) is 5.39. The van der Waals surface area contributed by atoms with Crippen LogP contribution in [0.2, 0.25) is 0 Å². The first-order valence-corrected chi connectivity index (χ1v) is 8.59. The zero-order chi connectivity index (χ0) is 20.0. The van der Waals surface area contributed by atoms with E-state index in [-0.39, 0.29) is 17.7 Å². The van der Waals surface area contributed by atoms with E-state index in [1.54, 1.807) is 27.0 Å². The summed E-state index contributed by atoms with van der Waals surface area (Å²) in [5, 5.41) is 3.98. The molecule has 2 rings (SSSR count). The van der Waals surface area contributed by atoms with Crippen molar-refractivity contribution in [3.63, 3.8) is 0 Å². The minimum Gasteiger partial charge on any atom is -0.462 e. The molecule has 1 N–H and O–H groups in total. The van der Waals surface area contributed by atoms with Gasteiger partial charge in [-0.25, -0.2) is 10.2 Å². The van der Waals surface area contributed by atoms with Crippen molar-refractivity contribution in [2.75, 3.05) is 25.6 Å². The lowest BCUT2D eigenvalue weighted by Gasteiger charge is -2.11. The van der Waals surface area contributed by atoms with E-state index in [0.717, 1.165) is 11.3 Å². The van der Waals surface area contributed by atoms with Gasteiger partial charge in [0.2, 0.25) is 0 Å². The molecule has 0 radical (unpaired) electrons. The zero-order valence-electron chi connectivity index (χ0n) is 16.2. The molecule has 0 unspecified atom stereocenters. The van der Waals surface area contributed by atoms with Crippen LogP contribution in [0.4, 0.5) is 5.69 Å². The number of rotatable bonds is 6. The Kier molecular flexibility index (Phi) is 6.65. The Labute approximate surface area is 159 Å². The molecule has 0 aliphatic rings. The Morgan fingerprint density at radius 2 is 1.78 bits per heavy atom. The van der Waals surface area contributed by atoms with Crippen molar-refractivity contribution in [1.82, 2.24) is 10.4 Å². The van der Waals surface area contributed by atoms with Crippen molar-refractivity contribution in [3.05, 3.63) is 58.4 Å². The minimum absolute atomic E-state index is 0.255. The van der Waals surface area contributed by atoms with E-state index < -0.39 is 11.9 Å². The molecule has 0 saturated carbocycles. The second-order valence-corrected chi connectivity index (χ2v) is 6.16. The number of anilines is 1.